The van der Waals surface area contributed by atoms with Gasteiger partial charge in [0.25, 0.3) is 0 Å². The molecule has 0 radical (unpaired) electrons. The first-order valence-corrected chi connectivity index (χ1v) is 3.77. The number of hydrogen-bond donors (Lipinski definition) is 2. The van der Waals surface area contributed by atoms with Crippen LogP contribution < -0.4 is 10.5 Å². The van der Waals surface area contributed by atoms with Gasteiger partial charge < -0.3 is 15.6 Å². The van der Waals surface area contributed by atoms with Crippen LogP contribution in [0, 0.1) is 0 Å². The Labute approximate surface area is 71.8 Å². The number of phenolic OH excluding ortho intramolecular Hbond substituents is 1. The molecule has 0 bridgehead atoms. The second kappa shape index (κ2) is 3.45. The average molecular weight is 167 g/mol. The minimum atomic E-state index is -0.180. The molecule has 3 nitrogen and oxygen atoms in total. The largest absolute Gasteiger partial charge is 0.508 e. The fraction of sp³-hybridized carbons (Fsp3) is 0.333. The van der Waals surface area contributed by atoms with Gasteiger partial charge in [0.05, 0.1) is 7.11 Å². The number of methoxy groups -OCH3 is 1. The topological polar surface area (TPSA) is 55.5 Å². The predicted molar refractivity (Wildman–Crippen MR) is 47.3 cm³/mol. The van der Waals surface area contributed by atoms with Gasteiger partial charge in [-0.15, -0.1) is 0 Å². The zero-order valence-electron chi connectivity index (χ0n) is 7.24. The maximum absolute atomic E-state index is 9.37. The van der Waals surface area contributed by atoms with E-state index < -0.39 is 0 Å². The van der Waals surface area contributed by atoms with Crippen molar-refractivity contribution in [3.63, 3.8) is 0 Å². The first kappa shape index (κ1) is 8.87. The van der Waals surface area contributed by atoms with Crippen molar-refractivity contribution in [2.45, 2.75) is 13.0 Å². The zero-order chi connectivity index (χ0) is 9.14. The van der Waals surface area contributed by atoms with E-state index in [1.165, 1.54) is 0 Å². The fourth-order valence-corrected chi connectivity index (χ4v) is 1.02. The number of ether oxygens (including phenoxy) is 1. The van der Waals surface area contributed by atoms with Crippen molar-refractivity contribution in [2.24, 2.45) is 5.73 Å². The molecule has 0 aliphatic carbocycles. The molecule has 0 aliphatic rings. The third kappa shape index (κ3) is 1.68. The van der Waals surface area contributed by atoms with Crippen molar-refractivity contribution in [3.8, 4) is 11.5 Å². The highest BCUT2D eigenvalue weighted by molar-refractivity contribution is 5.40. The summed E-state index contributed by atoms with van der Waals surface area (Å²) in [6, 6.07) is 4.83. The summed E-state index contributed by atoms with van der Waals surface area (Å²) < 4.78 is 4.99. The Kier molecular flexibility index (Phi) is 2.55. The van der Waals surface area contributed by atoms with Gasteiger partial charge in [-0.2, -0.15) is 0 Å². The highest BCUT2D eigenvalue weighted by atomic mass is 16.5. The minimum absolute atomic E-state index is 0.180. The van der Waals surface area contributed by atoms with Crippen LogP contribution in [0.15, 0.2) is 18.2 Å². The molecule has 0 spiro atoms. The maximum atomic E-state index is 9.37. The minimum Gasteiger partial charge on any atom is -0.508 e. The quantitative estimate of drug-likeness (QED) is 0.700. The molecule has 1 rings (SSSR count). The molecule has 1 aromatic carbocycles. The summed E-state index contributed by atoms with van der Waals surface area (Å²) in [5, 5.41) is 9.37. The predicted octanol–water partition coefficient (Wildman–Crippen LogP) is 1.42. The normalized spacial score (nSPS) is 12.6. The lowest BCUT2D eigenvalue weighted by Crippen LogP contribution is -2.05. The lowest BCUT2D eigenvalue weighted by molar-refractivity contribution is 0.410. The van der Waals surface area contributed by atoms with Gasteiger partial charge in [-0.3, -0.25) is 0 Å². The Morgan fingerprint density at radius 2 is 2.17 bits per heavy atom. The summed E-state index contributed by atoms with van der Waals surface area (Å²) >= 11 is 0. The summed E-state index contributed by atoms with van der Waals surface area (Å²) in [7, 11) is 1.58. The van der Waals surface area contributed by atoms with Crippen molar-refractivity contribution in [3.05, 3.63) is 23.8 Å². The lowest BCUT2D eigenvalue weighted by Gasteiger charge is -2.09. The van der Waals surface area contributed by atoms with E-state index in [4.69, 9.17) is 10.5 Å². The monoisotopic (exact) mass is 167 g/mol. The maximum Gasteiger partial charge on any atom is 0.120 e. The van der Waals surface area contributed by atoms with Crippen molar-refractivity contribution >= 4 is 0 Å². The van der Waals surface area contributed by atoms with Crippen LogP contribution in [-0.2, 0) is 0 Å². The van der Waals surface area contributed by atoms with Crippen molar-refractivity contribution < 1.29 is 9.84 Å². The molecule has 0 aliphatic heterocycles. The van der Waals surface area contributed by atoms with Crippen LogP contribution in [0.3, 0.4) is 0 Å². The molecule has 0 heterocycles. The average Bonchev–Trinajstić information content (AvgIpc) is 2.05. The molecule has 1 atom stereocenters. The van der Waals surface area contributed by atoms with Crippen LogP contribution >= 0.6 is 0 Å². The lowest BCUT2D eigenvalue weighted by atomic mass is 10.1. The van der Waals surface area contributed by atoms with Crippen LogP contribution in [0.5, 0.6) is 11.5 Å². The first-order chi connectivity index (χ1) is 5.65. The molecule has 3 heteroatoms. The van der Waals surface area contributed by atoms with Crippen molar-refractivity contribution in [2.75, 3.05) is 7.11 Å². The highest BCUT2D eigenvalue weighted by Crippen LogP contribution is 2.26. The van der Waals surface area contributed by atoms with Crippen molar-refractivity contribution in [1.82, 2.24) is 0 Å². The van der Waals surface area contributed by atoms with E-state index in [-0.39, 0.29) is 11.8 Å². The molecule has 12 heavy (non-hydrogen) atoms. The van der Waals surface area contributed by atoms with Crippen LogP contribution in [0.4, 0.5) is 0 Å². The van der Waals surface area contributed by atoms with Gasteiger partial charge in [0.2, 0.25) is 0 Å². The van der Waals surface area contributed by atoms with Crippen LogP contribution in [0.25, 0.3) is 0 Å². The van der Waals surface area contributed by atoms with Gasteiger partial charge >= 0.3 is 0 Å². The van der Waals surface area contributed by atoms with Gasteiger partial charge in [-0.05, 0) is 25.1 Å². The Balaban J connectivity index is 3.08. The molecule has 66 valence electrons. The van der Waals surface area contributed by atoms with E-state index in [9.17, 15) is 5.11 Å². The fourth-order valence-electron chi connectivity index (χ4n) is 1.02. The number of hydrogen-bond acceptors (Lipinski definition) is 3. The Hall–Kier alpha value is -1.22. The van der Waals surface area contributed by atoms with E-state index >= 15 is 0 Å². The van der Waals surface area contributed by atoms with Gasteiger partial charge in [-0.1, -0.05) is 0 Å². The number of aromatic hydroxyl groups is 1. The molecule has 3 N–H and O–H groups in total. The SMILES string of the molecule is COc1ccc(O)c(C(C)N)c1. The smallest absolute Gasteiger partial charge is 0.120 e. The summed E-state index contributed by atoms with van der Waals surface area (Å²) in [6.45, 7) is 1.81. The van der Waals surface area contributed by atoms with E-state index in [2.05, 4.69) is 0 Å². The summed E-state index contributed by atoms with van der Waals surface area (Å²) in [5.74, 6) is 0.922. The summed E-state index contributed by atoms with van der Waals surface area (Å²) in [5.41, 5.74) is 6.33. The molecular formula is C9H13NO2. The third-order valence-electron chi connectivity index (χ3n) is 1.73. The first-order valence-electron chi connectivity index (χ1n) is 3.77. The number of phenols is 1. The zero-order valence-corrected chi connectivity index (χ0v) is 7.24. The Bertz CT molecular complexity index is 271. The third-order valence-corrected chi connectivity index (χ3v) is 1.73. The molecular weight excluding hydrogens is 154 g/mol. The van der Waals surface area contributed by atoms with Crippen LogP contribution in [-0.4, -0.2) is 12.2 Å². The van der Waals surface area contributed by atoms with Crippen LogP contribution in [0.2, 0.25) is 0 Å². The summed E-state index contributed by atoms with van der Waals surface area (Å²) in [6.07, 6.45) is 0. The standard InChI is InChI=1S/C9H13NO2/c1-6(10)8-5-7(12-2)3-4-9(8)11/h3-6,11H,10H2,1-2H3. The van der Waals surface area contributed by atoms with Gasteiger partial charge in [-0.25, -0.2) is 0 Å². The Morgan fingerprint density at radius 1 is 1.50 bits per heavy atom. The van der Waals surface area contributed by atoms with E-state index in [1.807, 2.05) is 6.92 Å². The van der Waals surface area contributed by atoms with E-state index in [0.29, 0.717) is 11.3 Å². The second-order valence-electron chi connectivity index (χ2n) is 2.71. The molecule has 0 amide bonds. The second-order valence-corrected chi connectivity index (χ2v) is 2.71. The number of nitrogens with two attached hydrogens (primary N) is 1. The molecule has 0 saturated heterocycles. The number of rotatable bonds is 2. The van der Waals surface area contributed by atoms with Crippen LogP contribution in [0.1, 0.15) is 18.5 Å². The van der Waals surface area contributed by atoms with Gasteiger partial charge in [0.1, 0.15) is 11.5 Å². The van der Waals surface area contributed by atoms with E-state index in [0.717, 1.165) is 0 Å². The number of benzene rings is 1. The molecule has 0 saturated carbocycles. The molecule has 0 fully saturated rings. The highest BCUT2D eigenvalue weighted by Gasteiger charge is 2.06. The van der Waals surface area contributed by atoms with Gasteiger partial charge in [0.15, 0.2) is 0 Å². The van der Waals surface area contributed by atoms with Crippen molar-refractivity contribution in [1.29, 1.82) is 0 Å². The van der Waals surface area contributed by atoms with Gasteiger partial charge in [0, 0.05) is 11.6 Å². The molecule has 0 aromatic heterocycles. The van der Waals surface area contributed by atoms with E-state index in [1.54, 1.807) is 25.3 Å². The Morgan fingerprint density at radius 3 is 2.67 bits per heavy atom. The molecule has 1 unspecified atom stereocenters. The molecule has 1 aromatic rings. The summed E-state index contributed by atoms with van der Waals surface area (Å²) in [4.78, 5) is 0.